The number of aryl methyl sites for hydroxylation is 1. The number of rotatable bonds is 14. The van der Waals surface area contributed by atoms with Crippen LogP contribution in [0.2, 0.25) is 0 Å². The van der Waals surface area contributed by atoms with Gasteiger partial charge < -0.3 is 19.6 Å². The first-order chi connectivity index (χ1) is 55.4. The average Bonchev–Trinajstić information content (AvgIpc) is 1.51. The predicted octanol–water partition coefficient (Wildman–Crippen LogP) is 28.5. The fourth-order valence-corrected chi connectivity index (χ4v) is 19.7. The molecule has 0 atom stereocenters. The van der Waals surface area contributed by atoms with Crippen LogP contribution < -0.4 is 19.6 Å². The lowest BCUT2D eigenvalue weighted by molar-refractivity contribution is 0.793. The van der Waals surface area contributed by atoms with Gasteiger partial charge in [-0.25, -0.2) is 0 Å². The van der Waals surface area contributed by atoms with Gasteiger partial charge in [0.1, 0.15) is 0 Å². The first-order valence-corrected chi connectivity index (χ1v) is 39.0. The molecule has 4 aliphatic carbocycles. The number of nitrogens with zero attached hydrogens (tertiary/aromatic N) is 4. The van der Waals surface area contributed by atoms with Crippen LogP contribution in [0.15, 0.2) is 419 Å². The second-order valence-corrected chi connectivity index (χ2v) is 30.3. The molecule has 0 bridgehead atoms. The van der Waals surface area contributed by atoms with Gasteiger partial charge in [-0.05, 0) is 263 Å². The van der Waals surface area contributed by atoms with E-state index in [2.05, 4.69) is 445 Å². The Morgan fingerprint density at radius 3 is 0.929 bits per heavy atom. The van der Waals surface area contributed by atoms with Crippen LogP contribution >= 0.6 is 0 Å². The van der Waals surface area contributed by atoms with E-state index in [1.165, 1.54) is 127 Å². The van der Waals surface area contributed by atoms with Crippen LogP contribution in [0.5, 0.6) is 0 Å². The molecule has 0 saturated carbocycles. The van der Waals surface area contributed by atoms with Gasteiger partial charge in [0.05, 0.1) is 22.2 Å². The minimum absolute atomic E-state index is 0.611. The molecule has 0 fully saturated rings. The van der Waals surface area contributed by atoms with E-state index in [0.29, 0.717) is 0 Å². The van der Waals surface area contributed by atoms with E-state index in [1.807, 2.05) is 0 Å². The van der Waals surface area contributed by atoms with Crippen LogP contribution in [-0.2, 0) is 17.3 Å². The summed E-state index contributed by atoms with van der Waals surface area (Å²) in [5.41, 5.74) is 36.2. The van der Waals surface area contributed by atoms with Crippen LogP contribution in [0.1, 0.15) is 61.2 Å². The third-order valence-corrected chi connectivity index (χ3v) is 24.2. The molecule has 0 heterocycles. The number of hydrogen-bond acceptors (Lipinski definition) is 4. The quantitative estimate of drug-likeness (QED) is 0.108. The lowest BCUT2D eigenvalue weighted by atomic mass is 9.70. The van der Waals surface area contributed by atoms with Crippen LogP contribution in [0.3, 0.4) is 0 Å². The summed E-state index contributed by atoms with van der Waals surface area (Å²) in [6.07, 6.45) is 0.739. The minimum atomic E-state index is -0.637. The Balaban J connectivity index is 0.641. The topological polar surface area (TPSA) is 13.0 Å². The van der Waals surface area contributed by atoms with Crippen molar-refractivity contribution in [2.45, 2.75) is 24.2 Å². The Morgan fingerprint density at radius 2 is 0.491 bits per heavy atom. The highest BCUT2D eigenvalue weighted by atomic mass is 15.2. The highest BCUT2D eigenvalue weighted by Gasteiger charge is 2.54. The Bertz CT molecular complexity index is 6690. The molecule has 0 amide bonds. The third-order valence-electron chi connectivity index (χ3n) is 24.2. The molecule has 18 aromatic rings. The smallest absolute Gasteiger partial charge is 0.0727 e. The molecule has 0 aliphatic heterocycles. The zero-order valence-electron chi connectivity index (χ0n) is 61.8. The highest BCUT2D eigenvalue weighted by Crippen LogP contribution is 2.67. The summed E-state index contributed by atoms with van der Waals surface area (Å²) in [5, 5.41) is 4.76. The number of fused-ring (bicyclic) bond motifs is 22. The second-order valence-electron chi connectivity index (χ2n) is 30.3. The van der Waals surface area contributed by atoms with E-state index in [0.717, 1.165) is 74.7 Å². The van der Waals surface area contributed by atoms with E-state index < -0.39 is 10.8 Å². The second kappa shape index (κ2) is 26.0. The summed E-state index contributed by atoms with van der Waals surface area (Å²) in [4.78, 5) is 9.83. The molecule has 4 aliphatic rings. The predicted molar refractivity (Wildman–Crippen MR) is 467 cm³/mol. The number of anilines is 12. The van der Waals surface area contributed by atoms with Crippen molar-refractivity contribution < 1.29 is 0 Å². The molecule has 4 heteroatoms. The third kappa shape index (κ3) is 9.94. The average molecular weight is 1430 g/mol. The fourth-order valence-electron chi connectivity index (χ4n) is 19.7. The molecule has 112 heavy (non-hydrogen) atoms. The van der Waals surface area contributed by atoms with Gasteiger partial charge >= 0.3 is 0 Å². The van der Waals surface area contributed by atoms with Gasteiger partial charge in [-0.2, -0.15) is 0 Å². The lowest BCUT2D eigenvalue weighted by Gasteiger charge is -2.33. The first kappa shape index (κ1) is 64.8. The zero-order chi connectivity index (χ0) is 74.0. The van der Waals surface area contributed by atoms with Crippen molar-refractivity contribution in [3.8, 4) is 44.5 Å². The van der Waals surface area contributed by atoms with Crippen LogP contribution in [0.4, 0.5) is 68.2 Å². The summed E-state index contributed by atoms with van der Waals surface area (Å²) in [6.45, 7) is 2.18. The largest absolute Gasteiger partial charge is 0.310 e. The lowest BCUT2D eigenvalue weighted by Crippen LogP contribution is -2.26. The van der Waals surface area contributed by atoms with Gasteiger partial charge in [0.25, 0.3) is 0 Å². The number of benzene rings is 18. The Hall–Kier alpha value is -14.3. The van der Waals surface area contributed by atoms with Crippen molar-refractivity contribution in [1.82, 2.24) is 0 Å². The van der Waals surface area contributed by atoms with Crippen LogP contribution in [0.25, 0.3) is 66.1 Å². The molecular formula is C108H74N4. The van der Waals surface area contributed by atoms with E-state index in [9.17, 15) is 0 Å². The van der Waals surface area contributed by atoms with Gasteiger partial charge in [0.2, 0.25) is 0 Å². The molecule has 0 aromatic heterocycles. The van der Waals surface area contributed by atoms with E-state index in [4.69, 9.17) is 0 Å². The number of hydrogen-bond donors (Lipinski definition) is 0. The molecular weight excluding hydrogens is 1350 g/mol. The van der Waals surface area contributed by atoms with Crippen LogP contribution in [0, 0.1) is 6.92 Å². The molecule has 526 valence electrons. The van der Waals surface area contributed by atoms with E-state index in [1.54, 1.807) is 0 Å². The summed E-state index contributed by atoms with van der Waals surface area (Å²) >= 11 is 0. The van der Waals surface area contributed by atoms with E-state index in [-0.39, 0.29) is 0 Å². The maximum absolute atomic E-state index is 2.52. The van der Waals surface area contributed by atoms with Gasteiger partial charge in [0.15, 0.2) is 0 Å². The molecule has 0 N–H and O–H groups in total. The number of para-hydroxylation sites is 4. The Labute approximate surface area is 653 Å². The van der Waals surface area contributed by atoms with Crippen molar-refractivity contribution >= 4 is 89.8 Å². The summed E-state index contributed by atoms with van der Waals surface area (Å²) in [7, 11) is 0. The molecule has 18 aromatic carbocycles. The zero-order valence-corrected chi connectivity index (χ0v) is 61.8. The van der Waals surface area contributed by atoms with Crippen molar-refractivity contribution in [2.75, 3.05) is 19.6 Å². The fraction of sp³-hybridized carbons (Fsp3) is 0.0370. The molecule has 4 nitrogen and oxygen atoms in total. The Kier molecular flexibility index (Phi) is 15.0. The van der Waals surface area contributed by atoms with Crippen molar-refractivity contribution in [3.05, 3.63) is 480 Å². The maximum Gasteiger partial charge on any atom is 0.0727 e. The SMILES string of the molecule is Cc1cccc(N(c2ccccc2)c2ccc3c(c2)C2(c4ccccc4-c4ccccc42)c2cc(N(c4ccccc4)c4cccc(Cc5ccc6c(N(c7ccccc7)c7ccc8c(c7)C7(c9ccccc9-c9ccccc97)c7cc(N(c9ccccc9)c9cccc%10ccccc9%10)ccc7-8)cccc6c5)c4)ccc2-3)c1. The van der Waals surface area contributed by atoms with Crippen molar-refractivity contribution in [1.29, 1.82) is 0 Å². The van der Waals surface area contributed by atoms with Gasteiger partial charge in [-0.15, -0.1) is 0 Å². The normalized spacial score (nSPS) is 13.0. The molecule has 22 rings (SSSR count). The van der Waals surface area contributed by atoms with E-state index >= 15 is 0 Å². The standard InChI is InChI=1S/C108H74N4/c1-72-28-24-41-81(64-72)109(77-33-6-2-7-34-77)83-55-60-93-94-61-56-84(69-102(94)107(101(93)68-83)97-48-20-16-44-89(97)90-45-17-21-49-98(90)107)110(78-35-8-3-9-36-78)82-42-25-29-73(67-82)65-74-54-59-88-76(66-74)32-27-53-106(88)112(80-39-12-5-13-40-80)86-58-63-96-95-62-57-85(111(79-37-10-4-11-38-79)105-52-26-31-75-30-14-15-43-87(75)105)70-103(95)108(104(96)71-86)99-50-22-18-46-91(99)92-47-19-23-51-100(92)108/h2-64,66-71H,65H2,1H3. The molecule has 0 saturated heterocycles. The first-order valence-electron chi connectivity index (χ1n) is 39.0. The summed E-state index contributed by atoms with van der Waals surface area (Å²) < 4.78 is 0. The van der Waals surface area contributed by atoms with Crippen molar-refractivity contribution in [2.24, 2.45) is 0 Å². The monoisotopic (exact) mass is 1430 g/mol. The minimum Gasteiger partial charge on any atom is -0.310 e. The van der Waals surface area contributed by atoms with Crippen LogP contribution in [-0.4, -0.2) is 0 Å². The Morgan fingerprint density at radius 1 is 0.188 bits per heavy atom. The molecule has 0 radical (unpaired) electrons. The van der Waals surface area contributed by atoms with Gasteiger partial charge in [0, 0.05) is 67.6 Å². The molecule has 0 unspecified atom stereocenters. The van der Waals surface area contributed by atoms with Gasteiger partial charge in [-0.1, -0.05) is 285 Å². The van der Waals surface area contributed by atoms with Crippen molar-refractivity contribution in [3.63, 3.8) is 0 Å². The molecule has 2 spiro atoms. The highest BCUT2D eigenvalue weighted by molar-refractivity contribution is 6.04. The maximum atomic E-state index is 2.52. The van der Waals surface area contributed by atoms with Gasteiger partial charge in [-0.3, -0.25) is 0 Å². The summed E-state index contributed by atoms with van der Waals surface area (Å²) in [5.74, 6) is 0. The summed E-state index contributed by atoms with van der Waals surface area (Å²) in [6, 6.07) is 157.